The lowest BCUT2D eigenvalue weighted by atomic mass is 9.98. The highest BCUT2D eigenvalue weighted by molar-refractivity contribution is 5.98. The molecule has 0 aliphatic carbocycles. The van der Waals surface area contributed by atoms with Crippen molar-refractivity contribution >= 4 is 11.4 Å². The Kier molecular flexibility index (Phi) is 9.12. The first-order valence-electron chi connectivity index (χ1n) is 14.5. The second kappa shape index (κ2) is 12.8. The molecule has 0 saturated carbocycles. The number of pyridine rings is 3. The molecule has 1 amide bonds. The van der Waals surface area contributed by atoms with Gasteiger partial charge in [-0.05, 0) is 57.5 Å². The van der Waals surface area contributed by atoms with Crippen LogP contribution >= 0.6 is 0 Å². The van der Waals surface area contributed by atoms with Gasteiger partial charge in [0.25, 0.3) is 17.9 Å². The molecule has 12 heteroatoms. The number of ether oxygens (including phenoxy) is 1. The lowest BCUT2D eigenvalue weighted by molar-refractivity contribution is -0.0688. The number of aromatic amines is 1. The van der Waals surface area contributed by atoms with Gasteiger partial charge in [0, 0.05) is 78.4 Å². The van der Waals surface area contributed by atoms with Gasteiger partial charge in [-0.15, -0.1) is 0 Å². The molecule has 0 radical (unpaired) electrons. The molecule has 0 aromatic carbocycles. The monoisotopic (exact) mass is 610 g/mol. The largest absolute Gasteiger partial charge is 0.496 e. The normalized spacial score (nSPS) is 15.9. The molecule has 0 spiro atoms. The van der Waals surface area contributed by atoms with Crippen LogP contribution in [0.25, 0.3) is 16.6 Å². The Balaban J connectivity index is 1.54. The van der Waals surface area contributed by atoms with Crippen LogP contribution < -0.4 is 15.6 Å². The topological polar surface area (TPSA) is 95.0 Å². The summed E-state index contributed by atoms with van der Waals surface area (Å²) < 4.78 is 47.5. The minimum Gasteiger partial charge on any atom is -0.496 e. The van der Waals surface area contributed by atoms with E-state index in [2.05, 4.69) is 24.6 Å². The zero-order valence-electron chi connectivity index (χ0n) is 25.5. The van der Waals surface area contributed by atoms with Crippen molar-refractivity contribution in [1.82, 2.24) is 29.5 Å². The summed E-state index contributed by atoms with van der Waals surface area (Å²) in [6, 6.07) is 9.14. The van der Waals surface area contributed by atoms with Crippen LogP contribution in [0.3, 0.4) is 0 Å². The van der Waals surface area contributed by atoms with E-state index in [-0.39, 0.29) is 37.1 Å². The van der Waals surface area contributed by atoms with E-state index < -0.39 is 12.7 Å². The van der Waals surface area contributed by atoms with Crippen molar-refractivity contribution in [2.75, 3.05) is 33.3 Å². The number of fused-ring (bicyclic) bond motifs is 1. The standard InChI is InChI=1S/C32H37F3N6O3/c1-18-15-27(44-5)25(32(43)38-18)17-37-31(42)24-16-26-23(22-7-6-9-36-20(22)3)8-10-41(26)28(19(24)2)21(4)39-11-13-40(14-12-39)30(35)29(33)34/h6-10,15-16,21,29-30H,11-14,17H2,1-5H3,(H,37,42)(H,38,43). The fourth-order valence-corrected chi connectivity index (χ4v) is 6.12. The van der Waals surface area contributed by atoms with Crippen LogP contribution in [0.15, 0.2) is 47.5 Å². The molecule has 234 valence electrons. The maximum absolute atomic E-state index is 14.0. The van der Waals surface area contributed by atoms with Crippen LogP contribution in [0.4, 0.5) is 13.2 Å². The number of carbonyl (C=O) groups is 1. The van der Waals surface area contributed by atoms with Gasteiger partial charge in [-0.25, -0.2) is 13.2 Å². The zero-order valence-corrected chi connectivity index (χ0v) is 25.5. The van der Waals surface area contributed by atoms with Gasteiger partial charge in [-0.2, -0.15) is 0 Å². The number of H-pyrrole nitrogens is 1. The van der Waals surface area contributed by atoms with Crippen molar-refractivity contribution in [1.29, 1.82) is 0 Å². The fraction of sp³-hybridized carbons (Fsp3) is 0.406. The lowest BCUT2D eigenvalue weighted by Gasteiger charge is -2.39. The Labute approximate surface area is 253 Å². The van der Waals surface area contributed by atoms with Crippen LogP contribution in [-0.4, -0.2) is 76.1 Å². The number of rotatable bonds is 9. The molecule has 9 nitrogen and oxygen atoms in total. The Morgan fingerprint density at radius 1 is 1.07 bits per heavy atom. The summed E-state index contributed by atoms with van der Waals surface area (Å²) in [7, 11) is 1.47. The number of nitrogens with zero attached hydrogens (tertiary/aromatic N) is 4. The van der Waals surface area contributed by atoms with Gasteiger partial charge >= 0.3 is 0 Å². The first-order chi connectivity index (χ1) is 21.0. The number of hydrogen-bond donors (Lipinski definition) is 2. The van der Waals surface area contributed by atoms with Gasteiger partial charge in [0.2, 0.25) is 6.30 Å². The number of piperazine rings is 1. The van der Waals surface area contributed by atoms with E-state index in [1.807, 2.05) is 51.2 Å². The van der Waals surface area contributed by atoms with Crippen LogP contribution in [0.5, 0.6) is 5.75 Å². The van der Waals surface area contributed by atoms with E-state index in [0.29, 0.717) is 35.7 Å². The zero-order chi connectivity index (χ0) is 31.7. The predicted molar refractivity (Wildman–Crippen MR) is 162 cm³/mol. The molecule has 2 atom stereocenters. The van der Waals surface area contributed by atoms with Crippen molar-refractivity contribution in [3.8, 4) is 16.9 Å². The molecule has 4 aromatic rings. The highest BCUT2D eigenvalue weighted by Crippen LogP contribution is 2.35. The number of alkyl halides is 3. The maximum atomic E-state index is 14.0. The third-order valence-corrected chi connectivity index (χ3v) is 8.52. The molecular formula is C32H37F3N6O3. The molecule has 1 aliphatic heterocycles. The number of aryl methyl sites for hydroxylation is 2. The minimum atomic E-state index is -3.05. The smallest absolute Gasteiger partial charge is 0.282 e. The second-order valence-corrected chi connectivity index (χ2v) is 11.2. The predicted octanol–water partition coefficient (Wildman–Crippen LogP) is 4.79. The summed E-state index contributed by atoms with van der Waals surface area (Å²) in [5.41, 5.74) is 6.08. The average Bonchev–Trinajstić information content (AvgIpc) is 3.42. The number of aromatic nitrogens is 3. The van der Waals surface area contributed by atoms with E-state index >= 15 is 0 Å². The summed E-state index contributed by atoms with van der Waals surface area (Å²) in [4.78, 5) is 36.9. The fourth-order valence-electron chi connectivity index (χ4n) is 6.12. The van der Waals surface area contributed by atoms with E-state index in [9.17, 15) is 22.8 Å². The highest BCUT2D eigenvalue weighted by Gasteiger charge is 2.33. The number of hydrogen-bond acceptors (Lipinski definition) is 6. The Morgan fingerprint density at radius 2 is 1.77 bits per heavy atom. The summed E-state index contributed by atoms with van der Waals surface area (Å²) in [6.07, 6.45) is -1.66. The van der Waals surface area contributed by atoms with Crippen LogP contribution in [0, 0.1) is 20.8 Å². The number of carbonyl (C=O) groups excluding carboxylic acids is 1. The molecule has 1 fully saturated rings. The quantitative estimate of drug-likeness (QED) is 0.265. The SMILES string of the molecule is COc1cc(C)[nH]c(=O)c1CNC(=O)c1cc2c(-c3cccnc3C)ccn2c(C(C)N2CCN(C(F)C(F)F)CC2)c1C. The van der Waals surface area contributed by atoms with Gasteiger partial charge in [-0.3, -0.25) is 24.4 Å². The Bertz CT molecular complexity index is 1730. The third kappa shape index (κ3) is 5.96. The van der Waals surface area contributed by atoms with Crippen molar-refractivity contribution in [2.24, 2.45) is 0 Å². The van der Waals surface area contributed by atoms with Crippen LogP contribution in [-0.2, 0) is 6.54 Å². The molecule has 1 aliphatic rings. The molecule has 0 bridgehead atoms. The summed E-state index contributed by atoms with van der Waals surface area (Å²) >= 11 is 0. The molecule has 1 saturated heterocycles. The van der Waals surface area contributed by atoms with E-state index in [1.165, 1.54) is 12.0 Å². The molecule has 5 rings (SSSR count). The summed E-state index contributed by atoms with van der Waals surface area (Å²) in [6.45, 7) is 8.61. The van der Waals surface area contributed by atoms with Gasteiger partial charge in [0.1, 0.15) is 5.75 Å². The molecule has 2 unspecified atom stereocenters. The third-order valence-electron chi connectivity index (χ3n) is 8.52. The summed E-state index contributed by atoms with van der Waals surface area (Å²) in [5, 5.41) is 2.90. The maximum Gasteiger partial charge on any atom is 0.282 e. The van der Waals surface area contributed by atoms with E-state index in [1.54, 1.807) is 19.2 Å². The average molecular weight is 611 g/mol. The van der Waals surface area contributed by atoms with Gasteiger partial charge in [0.05, 0.1) is 24.7 Å². The van der Waals surface area contributed by atoms with Gasteiger partial charge in [0.15, 0.2) is 0 Å². The molecule has 2 N–H and O–H groups in total. The number of methoxy groups -OCH3 is 1. The van der Waals surface area contributed by atoms with Gasteiger partial charge < -0.3 is 19.4 Å². The number of amides is 1. The number of halogens is 3. The first kappa shape index (κ1) is 31.3. The Morgan fingerprint density at radius 3 is 2.43 bits per heavy atom. The van der Waals surface area contributed by atoms with Crippen molar-refractivity contribution < 1.29 is 22.7 Å². The van der Waals surface area contributed by atoms with Crippen molar-refractivity contribution in [3.63, 3.8) is 0 Å². The summed E-state index contributed by atoms with van der Waals surface area (Å²) in [5.74, 6) is 0.0213. The van der Waals surface area contributed by atoms with E-state index in [4.69, 9.17) is 4.74 Å². The number of nitrogens with one attached hydrogen (secondary N) is 2. The second-order valence-electron chi connectivity index (χ2n) is 11.2. The van der Waals surface area contributed by atoms with Gasteiger partial charge in [-0.1, -0.05) is 6.07 Å². The highest BCUT2D eigenvalue weighted by atomic mass is 19.3. The van der Waals surface area contributed by atoms with Crippen molar-refractivity contribution in [2.45, 2.75) is 53.0 Å². The molecular weight excluding hydrogens is 573 g/mol. The molecule has 4 aromatic heterocycles. The van der Waals surface area contributed by atoms with E-state index in [0.717, 1.165) is 33.6 Å². The lowest BCUT2D eigenvalue weighted by Crippen LogP contribution is -2.51. The Hall–Kier alpha value is -4.16. The van der Waals surface area contributed by atoms with Crippen LogP contribution in [0.1, 0.15) is 51.5 Å². The molecule has 44 heavy (non-hydrogen) atoms. The molecule has 5 heterocycles. The minimum absolute atomic E-state index is 0.0425. The van der Waals surface area contributed by atoms with Crippen molar-refractivity contribution in [3.05, 3.63) is 86.9 Å². The first-order valence-corrected chi connectivity index (χ1v) is 14.5. The van der Waals surface area contributed by atoms with Crippen LogP contribution in [0.2, 0.25) is 0 Å².